The number of nitrogens with one attached hydrogen (secondary N) is 4. The topological polar surface area (TPSA) is 85.6 Å². The zero-order chi connectivity index (χ0) is 12.4. The molecule has 1 atom stereocenters. The van der Waals surface area contributed by atoms with Crippen LogP contribution in [0, 0.1) is 0 Å². The van der Waals surface area contributed by atoms with Crippen molar-refractivity contribution in [2.75, 3.05) is 0 Å². The number of aromatic nitrogens is 3. The Hall–Kier alpha value is -2.08. The summed E-state index contributed by atoms with van der Waals surface area (Å²) in [7, 11) is 0. The first kappa shape index (κ1) is 11.0. The molecule has 18 heavy (non-hydrogen) atoms. The first-order chi connectivity index (χ1) is 8.83. The maximum absolute atomic E-state index is 12.0. The van der Waals surface area contributed by atoms with E-state index in [0.717, 1.165) is 17.0 Å². The molecule has 0 aromatic carbocycles. The molecular weight excluding hydrogens is 230 g/mol. The number of imidazole rings is 1. The van der Waals surface area contributed by atoms with E-state index in [0.29, 0.717) is 19.5 Å². The molecule has 6 heteroatoms. The Balaban J connectivity index is 1.57. The van der Waals surface area contributed by atoms with Gasteiger partial charge in [-0.1, -0.05) is 0 Å². The Morgan fingerprint density at radius 2 is 2.50 bits per heavy atom. The lowest BCUT2D eigenvalue weighted by Gasteiger charge is -2.22. The quantitative estimate of drug-likeness (QED) is 0.617. The van der Waals surface area contributed by atoms with Crippen LogP contribution in [0.5, 0.6) is 0 Å². The first-order valence-electron chi connectivity index (χ1n) is 5.97. The van der Waals surface area contributed by atoms with E-state index < -0.39 is 0 Å². The van der Waals surface area contributed by atoms with Gasteiger partial charge in [-0.15, -0.1) is 0 Å². The monoisotopic (exact) mass is 245 g/mol. The fraction of sp³-hybridized carbons (Fsp3) is 0.333. The van der Waals surface area contributed by atoms with Crippen LogP contribution in [0.2, 0.25) is 0 Å². The second kappa shape index (κ2) is 4.66. The molecule has 1 amide bonds. The number of carbonyl (C=O) groups is 1. The molecule has 3 heterocycles. The zero-order valence-corrected chi connectivity index (χ0v) is 9.86. The van der Waals surface area contributed by atoms with Crippen molar-refractivity contribution in [2.45, 2.75) is 25.6 Å². The van der Waals surface area contributed by atoms with Gasteiger partial charge in [0, 0.05) is 31.9 Å². The predicted octanol–water partition coefficient (Wildman–Crippen LogP) is 0.0685. The van der Waals surface area contributed by atoms with Crippen molar-refractivity contribution in [1.82, 2.24) is 25.6 Å². The Kier molecular flexibility index (Phi) is 2.85. The number of rotatable bonds is 3. The fourth-order valence-electron chi connectivity index (χ4n) is 2.14. The summed E-state index contributed by atoms with van der Waals surface area (Å²) in [5.41, 5.74) is 3.12. The number of hydrogen-bond acceptors (Lipinski definition) is 3. The summed E-state index contributed by atoms with van der Waals surface area (Å²) >= 11 is 0. The molecule has 6 nitrogen and oxygen atoms in total. The molecule has 0 radical (unpaired) electrons. The Labute approximate surface area is 104 Å². The van der Waals surface area contributed by atoms with E-state index in [2.05, 4.69) is 25.6 Å². The van der Waals surface area contributed by atoms with E-state index in [-0.39, 0.29) is 11.9 Å². The normalized spacial score (nSPS) is 18.3. The van der Waals surface area contributed by atoms with Gasteiger partial charge in [-0.3, -0.25) is 10.1 Å². The second-order valence-electron chi connectivity index (χ2n) is 4.40. The molecule has 0 aliphatic carbocycles. The molecule has 0 saturated carbocycles. The van der Waals surface area contributed by atoms with Crippen molar-refractivity contribution < 1.29 is 4.79 Å². The molecule has 3 rings (SSSR count). The van der Waals surface area contributed by atoms with E-state index in [4.69, 9.17) is 0 Å². The predicted molar refractivity (Wildman–Crippen MR) is 65.6 cm³/mol. The first-order valence-corrected chi connectivity index (χ1v) is 5.97. The van der Waals surface area contributed by atoms with Gasteiger partial charge < -0.3 is 15.3 Å². The summed E-state index contributed by atoms with van der Waals surface area (Å²) in [5, 5.41) is 6.12. The van der Waals surface area contributed by atoms with Crippen LogP contribution < -0.4 is 10.6 Å². The Morgan fingerprint density at radius 1 is 1.56 bits per heavy atom. The molecule has 1 unspecified atom stereocenters. The van der Waals surface area contributed by atoms with Crippen LogP contribution in [-0.4, -0.2) is 26.9 Å². The molecule has 0 fully saturated rings. The summed E-state index contributed by atoms with van der Waals surface area (Å²) in [6.07, 6.45) is 6.03. The van der Waals surface area contributed by atoms with Gasteiger partial charge in [0.25, 0.3) is 0 Å². The molecule has 2 aromatic rings. The molecular formula is C12H15N5O. The van der Waals surface area contributed by atoms with E-state index in [1.54, 1.807) is 6.33 Å². The number of aromatic amines is 2. The number of carbonyl (C=O) groups excluding carboxylic acids is 1. The maximum Gasteiger partial charge on any atom is 0.237 e. The van der Waals surface area contributed by atoms with Crippen LogP contribution in [0.3, 0.4) is 0 Å². The van der Waals surface area contributed by atoms with Crippen molar-refractivity contribution in [1.29, 1.82) is 0 Å². The van der Waals surface area contributed by atoms with E-state index in [1.165, 1.54) is 0 Å². The van der Waals surface area contributed by atoms with Gasteiger partial charge in [0.05, 0.1) is 23.8 Å². The molecule has 4 N–H and O–H groups in total. The molecule has 0 bridgehead atoms. The number of hydrogen-bond donors (Lipinski definition) is 4. The van der Waals surface area contributed by atoms with Crippen molar-refractivity contribution in [3.8, 4) is 0 Å². The largest absolute Gasteiger partial charge is 0.367 e. The van der Waals surface area contributed by atoms with Gasteiger partial charge in [-0.25, -0.2) is 4.98 Å². The van der Waals surface area contributed by atoms with Crippen molar-refractivity contribution in [3.05, 3.63) is 41.7 Å². The Bertz CT molecular complexity index is 530. The standard InChI is InChI=1S/C12H15N5O/c18-12(15-5-8-1-2-13-4-8)10-3-9-11(6-14-10)17-7-16-9/h1-2,4,7,10,13-14H,3,5-6H2,(H,15,18)(H,16,17). The molecule has 94 valence electrons. The van der Waals surface area contributed by atoms with Crippen LogP contribution in [0.25, 0.3) is 0 Å². The minimum Gasteiger partial charge on any atom is -0.367 e. The highest BCUT2D eigenvalue weighted by molar-refractivity contribution is 5.82. The maximum atomic E-state index is 12.0. The number of H-pyrrole nitrogens is 2. The summed E-state index contributed by atoms with van der Waals surface area (Å²) < 4.78 is 0. The lowest BCUT2D eigenvalue weighted by molar-refractivity contribution is -0.123. The van der Waals surface area contributed by atoms with Crippen molar-refractivity contribution in [3.63, 3.8) is 0 Å². The third kappa shape index (κ3) is 2.14. The third-order valence-electron chi connectivity index (χ3n) is 3.18. The second-order valence-corrected chi connectivity index (χ2v) is 4.40. The number of nitrogens with zero attached hydrogens (tertiary/aromatic N) is 1. The van der Waals surface area contributed by atoms with Crippen LogP contribution in [0.1, 0.15) is 17.0 Å². The molecule has 1 aliphatic rings. The van der Waals surface area contributed by atoms with E-state index >= 15 is 0 Å². The highest BCUT2D eigenvalue weighted by Gasteiger charge is 2.25. The summed E-state index contributed by atoms with van der Waals surface area (Å²) in [6, 6.07) is 1.75. The van der Waals surface area contributed by atoms with Crippen LogP contribution in [0.4, 0.5) is 0 Å². The van der Waals surface area contributed by atoms with Gasteiger partial charge in [-0.05, 0) is 11.6 Å². The summed E-state index contributed by atoms with van der Waals surface area (Å²) in [6.45, 7) is 1.21. The minimum absolute atomic E-state index is 0.0184. The SMILES string of the molecule is O=C(NCc1cc[nH]c1)C1Cc2nc[nH]c2CN1. The number of amides is 1. The smallest absolute Gasteiger partial charge is 0.237 e. The lowest BCUT2D eigenvalue weighted by atomic mass is 10.0. The van der Waals surface area contributed by atoms with Gasteiger partial charge in [-0.2, -0.15) is 0 Å². The molecule has 1 aliphatic heterocycles. The van der Waals surface area contributed by atoms with Crippen molar-refractivity contribution in [2.24, 2.45) is 0 Å². The summed E-state index contributed by atoms with van der Waals surface area (Å²) in [5.74, 6) is 0.0184. The zero-order valence-electron chi connectivity index (χ0n) is 9.86. The van der Waals surface area contributed by atoms with Gasteiger partial charge in [0.1, 0.15) is 0 Å². The van der Waals surface area contributed by atoms with Gasteiger partial charge in [0.2, 0.25) is 5.91 Å². The van der Waals surface area contributed by atoms with Crippen LogP contribution in [0.15, 0.2) is 24.8 Å². The van der Waals surface area contributed by atoms with Gasteiger partial charge in [0.15, 0.2) is 0 Å². The fourth-order valence-corrected chi connectivity index (χ4v) is 2.14. The minimum atomic E-state index is -0.195. The highest BCUT2D eigenvalue weighted by Crippen LogP contribution is 2.12. The lowest BCUT2D eigenvalue weighted by Crippen LogP contribution is -2.47. The highest BCUT2D eigenvalue weighted by atomic mass is 16.2. The van der Waals surface area contributed by atoms with E-state index in [9.17, 15) is 4.79 Å². The molecule has 0 saturated heterocycles. The average molecular weight is 245 g/mol. The Morgan fingerprint density at radius 3 is 3.33 bits per heavy atom. The van der Waals surface area contributed by atoms with E-state index in [1.807, 2.05) is 18.5 Å². The molecule has 2 aromatic heterocycles. The third-order valence-corrected chi connectivity index (χ3v) is 3.18. The average Bonchev–Trinajstić information content (AvgIpc) is 3.05. The van der Waals surface area contributed by atoms with Gasteiger partial charge >= 0.3 is 0 Å². The van der Waals surface area contributed by atoms with Crippen LogP contribution >= 0.6 is 0 Å². The summed E-state index contributed by atoms with van der Waals surface area (Å²) in [4.78, 5) is 22.2. The van der Waals surface area contributed by atoms with Crippen LogP contribution in [-0.2, 0) is 24.3 Å². The molecule has 0 spiro atoms. The number of fused-ring (bicyclic) bond motifs is 1. The van der Waals surface area contributed by atoms with Crippen molar-refractivity contribution >= 4 is 5.91 Å².